The number of fused-ring (bicyclic) bond motifs is 1. The highest BCUT2D eigenvalue weighted by Gasteiger charge is 2.29. The van der Waals surface area contributed by atoms with Crippen LogP contribution in [0.25, 0.3) is 6.08 Å². The van der Waals surface area contributed by atoms with Crippen LogP contribution in [-0.2, 0) is 9.53 Å². The Kier molecular flexibility index (Phi) is 4.89. The molecule has 0 aromatic heterocycles. The van der Waals surface area contributed by atoms with E-state index in [4.69, 9.17) is 23.7 Å². The van der Waals surface area contributed by atoms with Crippen LogP contribution in [0, 0.1) is 0 Å². The molecule has 28 heavy (non-hydrogen) atoms. The molecule has 2 heterocycles. The van der Waals surface area contributed by atoms with Crippen LogP contribution in [0.2, 0.25) is 0 Å². The first-order chi connectivity index (χ1) is 13.7. The molecule has 0 saturated carbocycles. The molecule has 2 aliphatic rings. The number of methoxy groups -OCH3 is 2. The van der Waals surface area contributed by atoms with Crippen molar-refractivity contribution in [1.82, 2.24) is 0 Å². The maximum Gasteiger partial charge on any atom is 0.363 e. The van der Waals surface area contributed by atoms with E-state index in [-0.39, 0.29) is 11.6 Å². The van der Waals surface area contributed by atoms with E-state index in [1.165, 1.54) is 14.2 Å². The van der Waals surface area contributed by atoms with Gasteiger partial charge in [0.2, 0.25) is 5.90 Å². The van der Waals surface area contributed by atoms with E-state index in [1.807, 2.05) is 18.2 Å². The average Bonchev–Trinajstić information content (AvgIpc) is 2.92. The molecule has 144 valence electrons. The van der Waals surface area contributed by atoms with Crippen molar-refractivity contribution < 1.29 is 28.5 Å². The minimum atomic E-state index is -0.546. The third-order valence-corrected chi connectivity index (χ3v) is 4.34. The van der Waals surface area contributed by atoms with E-state index < -0.39 is 5.97 Å². The summed E-state index contributed by atoms with van der Waals surface area (Å²) in [5.74, 6) is 1.94. The molecule has 0 atom stereocenters. The minimum absolute atomic E-state index is 0.139. The van der Waals surface area contributed by atoms with Gasteiger partial charge in [-0.15, -0.1) is 0 Å². The number of esters is 1. The van der Waals surface area contributed by atoms with E-state index in [9.17, 15) is 4.79 Å². The molecule has 0 radical (unpaired) electrons. The number of cyclic esters (lactones) is 1. The summed E-state index contributed by atoms with van der Waals surface area (Å²) in [7, 11) is 3.06. The highest BCUT2D eigenvalue weighted by atomic mass is 16.6. The van der Waals surface area contributed by atoms with Gasteiger partial charge < -0.3 is 23.7 Å². The van der Waals surface area contributed by atoms with Crippen LogP contribution in [-0.4, -0.2) is 39.3 Å². The molecule has 2 aliphatic heterocycles. The Balaban J connectivity index is 1.70. The smallest absolute Gasteiger partial charge is 0.363 e. The lowest BCUT2D eigenvalue weighted by molar-refractivity contribution is -0.129. The topological polar surface area (TPSA) is 75.6 Å². The molecule has 4 rings (SSSR count). The summed E-state index contributed by atoms with van der Waals surface area (Å²) in [4.78, 5) is 16.7. The van der Waals surface area contributed by atoms with Crippen molar-refractivity contribution in [2.45, 2.75) is 6.42 Å². The Labute approximate surface area is 162 Å². The van der Waals surface area contributed by atoms with Crippen molar-refractivity contribution in [3.63, 3.8) is 0 Å². The van der Waals surface area contributed by atoms with E-state index in [0.717, 1.165) is 12.0 Å². The summed E-state index contributed by atoms with van der Waals surface area (Å²) in [6, 6.07) is 10.8. The Bertz CT molecular complexity index is 957. The van der Waals surface area contributed by atoms with E-state index in [1.54, 1.807) is 24.3 Å². The van der Waals surface area contributed by atoms with Crippen molar-refractivity contribution in [1.29, 1.82) is 0 Å². The predicted molar refractivity (Wildman–Crippen MR) is 102 cm³/mol. The molecule has 0 bridgehead atoms. The van der Waals surface area contributed by atoms with Gasteiger partial charge in [0.25, 0.3) is 0 Å². The van der Waals surface area contributed by atoms with Crippen LogP contribution >= 0.6 is 0 Å². The first-order valence-corrected chi connectivity index (χ1v) is 8.83. The van der Waals surface area contributed by atoms with Crippen molar-refractivity contribution >= 4 is 17.9 Å². The van der Waals surface area contributed by atoms with Gasteiger partial charge in [0.15, 0.2) is 17.2 Å². The van der Waals surface area contributed by atoms with Gasteiger partial charge in [-0.25, -0.2) is 9.79 Å². The van der Waals surface area contributed by atoms with Crippen molar-refractivity contribution in [3.8, 4) is 23.0 Å². The summed E-state index contributed by atoms with van der Waals surface area (Å²) in [6.45, 7) is 1.21. The Morgan fingerprint density at radius 3 is 2.43 bits per heavy atom. The Hall–Kier alpha value is -3.48. The molecule has 0 N–H and O–H groups in total. The van der Waals surface area contributed by atoms with Gasteiger partial charge in [-0.3, -0.25) is 0 Å². The lowest BCUT2D eigenvalue weighted by Crippen LogP contribution is -2.08. The van der Waals surface area contributed by atoms with Gasteiger partial charge in [-0.05, 0) is 35.9 Å². The van der Waals surface area contributed by atoms with Gasteiger partial charge in [0, 0.05) is 6.42 Å². The summed E-state index contributed by atoms with van der Waals surface area (Å²) >= 11 is 0. The minimum Gasteiger partial charge on any atom is -0.496 e. The van der Waals surface area contributed by atoms with Crippen molar-refractivity contribution in [3.05, 3.63) is 53.2 Å². The number of ether oxygens (including phenoxy) is 5. The first kappa shape index (κ1) is 17.9. The van der Waals surface area contributed by atoms with Crippen LogP contribution < -0.4 is 18.9 Å². The number of hydrogen-bond donors (Lipinski definition) is 0. The van der Waals surface area contributed by atoms with Crippen LogP contribution in [0.3, 0.4) is 0 Å². The van der Waals surface area contributed by atoms with E-state index in [0.29, 0.717) is 41.8 Å². The predicted octanol–water partition coefficient (Wildman–Crippen LogP) is 3.21. The van der Waals surface area contributed by atoms with E-state index >= 15 is 0 Å². The van der Waals surface area contributed by atoms with Crippen LogP contribution in [0.5, 0.6) is 23.0 Å². The highest BCUT2D eigenvalue weighted by molar-refractivity contribution is 6.14. The molecule has 0 aliphatic carbocycles. The maximum atomic E-state index is 12.4. The summed E-state index contributed by atoms with van der Waals surface area (Å²) in [6.07, 6.45) is 2.47. The van der Waals surface area contributed by atoms with Crippen molar-refractivity contribution in [2.75, 3.05) is 27.4 Å². The molecule has 0 spiro atoms. The summed E-state index contributed by atoms with van der Waals surface area (Å²) in [5, 5.41) is 0. The molecule has 0 amide bonds. The molecule has 2 aromatic rings. The third-order valence-electron chi connectivity index (χ3n) is 4.34. The van der Waals surface area contributed by atoms with Crippen LogP contribution in [0.4, 0.5) is 0 Å². The number of rotatable bonds is 4. The Morgan fingerprint density at radius 2 is 1.71 bits per heavy atom. The zero-order valence-corrected chi connectivity index (χ0v) is 15.6. The number of benzene rings is 2. The zero-order valence-electron chi connectivity index (χ0n) is 15.6. The lowest BCUT2D eigenvalue weighted by Gasteiger charge is -2.11. The van der Waals surface area contributed by atoms with Crippen LogP contribution in [0.15, 0.2) is 47.1 Å². The molecule has 0 saturated heterocycles. The third kappa shape index (κ3) is 3.38. The number of carbonyl (C=O) groups excluding carboxylic acids is 1. The molecular formula is C21H19NO6. The fraction of sp³-hybridized carbons (Fsp3) is 0.238. The van der Waals surface area contributed by atoms with Gasteiger partial charge in [-0.2, -0.15) is 0 Å². The first-order valence-electron chi connectivity index (χ1n) is 8.83. The molecular weight excluding hydrogens is 362 g/mol. The number of hydrogen-bond acceptors (Lipinski definition) is 7. The Morgan fingerprint density at radius 1 is 1.00 bits per heavy atom. The standard InChI is InChI=1S/C21H19NO6/c1-24-16-5-3-6-17(25-2)19(16)20-22-14(21(23)28-20)11-13-7-8-15-18(12-13)27-10-4-9-26-15/h3,5-8,11-12H,4,9-10H2,1-2H3/b14-11+. The number of aliphatic imine (C=N–C) groups is 1. The van der Waals surface area contributed by atoms with E-state index in [2.05, 4.69) is 4.99 Å². The largest absolute Gasteiger partial charge is 0.496 e. The molecule has 7 heteroatoms. The SMILES string of the molecule is COc1cccc(OC)c1C1=N/C(=C/c2ccc3c(c2)OCCCO3)C(=O)O1. The van der Waals surface area contributed by atoms with Gasteiger partial charge >= 0.3 is 5.97 Å². The number of nitrogens with zero attached hydrogens (tertiary/aromatic N) is 1. The summed E-state index contributed by atoms with van der Waals surface area (Å²) in [5.41, 5.74) is 1.42. The normalized spacial score (nSPS) is 17.0. The number of carbonyl (C=O) groups is 1. The highest BCUT2D eigenvalue weighted by Crippen LogP contribution is 2.34. The average molecular weight is 381 g/mol. The fourth-order valence-electron chi connectivity index (χ4n) is 3.01. The van der Waals surface area contributed by atoms with Gasteiger partial charge in [0.05, 0.1) is 27.4 Å². The fourth-order valence-corrected chi connectivity index (χ4v) is 3.01. The quantitative estimate of drug-likeness (QED) is 0.598. The van der Waals surface area contributed by atoms with Crippen molar-refractivity contribution in [2.24, 2.45) is 4.99 Å². The molecule has 0 unspecified atom stereocenters. The van der Waals surface area contributed by atoms with Crippen LogP contribution in [0.1, 0.15) is 17.5 Å². The van der Waals surface area contributed by atoms with Gasteiger partial charge in [0.1, 0.15) is 17.1 Å². The maximum absolute atomic E-state index is 12.4. The summed E-state index contributed by atoms with van der Waals surface area (Å²) < 4.78 is 27.4. The van der Waals surface area contributed by atoms with Gasteiger partial charge in [-0.1, -0.05) is 12.1 Å². The molecule has 0 fully saturated rings. The molecule has 2 aromatic carbocycles. The second-order valence-corrected chi connectivity index (χ2v) is 6.13. The second kappa shape index (κ2) is 7.64. The molecule has 7 nitrogen and oxygen atoms in total. The zero-order chi connectivity index (χ0) is 19.5. The monoisotopic (exact) mass is 381 g/mol. The lowest BCUT2D eigenvalue weighted by atomic mass is 10.1. The second-order valence-electron chi connectivity index (χ2n) is 6.13.